The summed E-state index contributed by atoms with van der Waals surface area (Å²) >= 11 is 0. The van der Waals surface area contributed by atoms with Crippen molar-refractivity contribution in [2.75, 3.05) is 19.9 Å². The Morgan fingerprint density at radius 2 is 1.72 bits per heavy atom. The van der Waals surface area contributed by atoms with Crippen molar-refractivity contribution in [3.05, 3.63) is 59.2 Å². The average molecular weight is 339 g/mol. The molecule has 0 radical (unpaired) electrons. The van der Waals surface area contributed by atoms with Crippen molar-refractivity contribution in [2.45, 2.75) is 25.4 Å². The third-order valence-electron chi connectivity index (χ3n) is 5.09. The summed E-state index contributed by atoms with van der Waals surface area (Å²) in [4.78, 5) is 14.4. The van der Waals surface area contributed by atoms with Crippen LogP contribution in [-0.4, -0.2) is 35.8 Å². The van der Waals surface area contributed by atoms with Gasteiger partial charge in [-0.2, -0.15) is 0 Å². The topological polar surface area (TPSA) is 59.0 Å². The predicted molar refractivity (Wildman–Crippen MR) is 92.8 cm³/mol. The van der Waals surface area contributed by atoms with Crippen LogP contribution >= 0.6 is 0 Å². The maximum absolute atomic E-state index is 12.6. The molecule has 1 fully saturated rings. The van der Waals surface area contributed by atoms with E-state index in [0.29, 0.717) is 43.0 Å². The summed E-state index contributed by atoms with van der Waals surface area (Å²) in [7, 11) is 0. The number of benzene rings is 2. The zero-order valence-electron chi connectivity index (χ0n) is 14.2. The van der Waals surface area contributed by atoms with Crippen LogP contribution in [0.15, 0.2) is 42.5 Å². The second-order valence-corrected chi connectivity index (χ2v) is 6.76. The molecule has 130 valence electrons. The molecule has 2 aliphatic rings. The monoisotopic (exact) mass is 339 g/mol. The van der Waals surface area contributed by atoms with E-state index < -0.39 is 5.60 Å². The van der Waals surface area contributed by atoms with Crippen LogP contribution in [0, 0.1) is 6.92 Å². The number of rotatable bonds is 2. The first-order chi connectivity index (χ1) is 12.0. The van der Waals surface area contributed by atoms with Crippen molar-refractivity contribution in [3.8, 4) is 11.5 Å². The van der Waals surface area contributed by atoms with Gasteiger partial charge in [0.05, 0.1) is 5.60 Å². The number of nitrogens with zero attached hydrogens (tertiary/aromatic N) is 1. The maximum atomic E-state index is 12.6. The zero-order chi connectivity index (χ0) is 17.4. The van der Waals surface area contributed by atoms with E-state index in [1.54, 1.807) is 0 Å². The molecule has 5 nitrogen and oxygen atoms in total. The summed E-state index contributed by atoms with van der Waals surface area (Å²) < 4.78 is 10.7. The first kappa shape index (κ1) is 16.0. The number of ether oxygens (including phenoxy) is 2. The Morgan fingerprint density at radius 3 is 2.44 bits per heavy atom. The van der Waals surface area contributed by atoms with Gasteiger partial charge in [0.2, 0.25) is 6.79 Å². The van der Waals surface area contributed by atoms with Crippen LogP contribution in [0.4, 0.5) is 0 Å². The van der Waals surface area contributed by atoms with E-state index >= 15 is 0 Å². The van der Waals surface area contributed by atoms with Crippen LogP contribution < -0.4 is 9.47 Å². The minimum Gasteiger partial charge on any atom is -0.454 e. The Balaban J connectivity index is 1.47. The van der Waals surface area contributed by atoms with Gasteiger partial charge in [0.15, 0.2) is 11.5 Å². The van der Waals surface area contributed by atoms with Gasteiger partial charge in [-0.25, -0.2) is 0 Å². The molecule has 4 rings (SSSR count). The molecule has 25 heavy (non-hydrogen) atoms. The minimum absolute atomic E-state index is 0.0211. The van der Waals surface area contributed by atoms with E-state index in [-0.39, 0.29) is 12.7 Å². The molecule has 0 atom stereocenters. The fourth-order valence-corrected chi connectivity index (χ4v) is 3.43. The smallest absolute Gasteiger partial charge is 0.253 e. The van der Waals surface area contributed by atoms with E-state index in [1.807, 2.05) is 54.3 Å². The van der Waals surface area contributed by atoms with E-state index in [1.165, 1.54) is 0 Å². The number of hydrogen-bond donors (Lipinski definition) is 1. The SMILES string of the molecule is Cc1ccc(C(=O)N2CCC(O)(c3ccc4c(c3)OCO4)CC2)cc1. The van der Waals surface area contributed by atoms with Crippen LogP contribution in [0.1, 0.15) is 34.3 Å². The highest BCUT2D eigenvalue weighted by Gasteiger charge is 2.36. The van der Waals surface area contributed by atoms with Gasteiger partial charge in [-0.15, -0.1) is 0 Å². The van der Waals surface area contributed by atoms with Gasteiger partial charge in [-0.05, 0) is 49.6 Å². The fourth-order valence-electron chi connectivity index (χ4n) is 3.43. The van der Waals surface area contributed by atoms with Gasteiger partial charge in [-0.1, -0.05) is 23.8 Å². The fraction of sp³-hybridized carbons (Fsp3) is 0.350. The number of piperidine rings is 1. The third kappa shape index (κ3) is 2.96. The molecule has 2 heterocycles. The molecule has 2 aromatic rings. The molecule has 0 bridgehead atoms. The summed E-state index contributed by atoms with van der Waals surface area (Å²) in [6.45, 7) is 3.27. The second kappa shape index (κ2) is 6.08. The minimum atomic E-state index is -0.939. The summed E-state index contributed by atoms with van der Waals surface area (Å²) in [5, 5.41) is 11.0. The van der Waals surface area contributed by atoms with Crippen molar-refractivity contribution in [3.63, 3.8) is 0 Å². The van der Waals surface area contributed by atoms with Gasteiger partial charge in [0.1, 0.15) is 0 Å². The first-order valence-corrected chi connectivity index (χ1v) is 8.54. The van der Waals surface area contributed by atoms with Crippen LogP contribution in [-0.2, 0) is 5.60 Å². The van der Waals surface area contributed by atoms with Gasteiger partial charge >= 0.3 is 0 Å². The lowest BCUT2D eigenvalue weighted by Gasteiger charge is -2.38. The van der Waals surface area contributed by atoms with E-state index in [4.69, 9.17) is 9.47 Å². The summed E-state index contributed by atoms with van der Waals surface area (Å²) in [6, 6.07) is 13.2. The molecular formula is C20H21NO4. The molecule has 1 saturated heterocycles. The Kier molecular flexibility index (Phi) is 3.88. The van der Waals surface area contributed by atoms with Gasteiger partial charge < -0.3 is 19.5 Å². The second-order valence-electron chi connectivity index (χ2n) is 6.76. The van der Waals surface area contributed by atoms with Crippen LogP contribution in [0.2, 0.25) is 0 Å². The molecule has 5 heteroatoms. The molecule has 0 spiro atoms. The van der Waals surface area contributed by atoms with E-state index in [0.717, 1.165) is 11.1 Å². The number of likely N-dealkylation sites (tertiary alicyclic amines) is 1. The van der Waals surface area contributed by atoms with Gasteiger partial charge in [0, 0.05) is 18.7 Å². The van der Waals surface area contributed by atoms with Crippen molar-refractivity contribution in [1.82, 2.24) is 4.90 Å². The molecule has 1 N–H and O–H groups in total. The lowest BCUT2D eigenvalue weighted by Crippen LogP contribution is -2.45. The molecular weight excluding hydrogens is 318 g/mol. The van der Waals surface area contributed by atoms with Gasteiger partial charge in [-0.3, -0.25) is 4.79 Å². The number of amides is 1. The highest BCUT2D eigenvalue weighted by molar-refractivity contribution is 5.94. The number of fused-ring (bicyclic) bond motifs is 1. The van der Waals surface area contributed by atoms with Crippen molar-refractivity contribution >= 4 is 5.91 Å². The number of aliphatic hydroxyl groups is 1. The van der Waals surface area contributed by atoms with Crippen LogP contribution in [0.25, 0.3) is 0 Å². The number of carbonyl (C=O) groups excluding carboxylic acids is 1. The highest BCUT2D eigenvalue weighted by Crippen LogP contribution is 2.39. The number of aryl methyl sites for hydroxylation is 1. The molecule has 1 amide bonds. The van der Waals surface area contributed by atoms with Crippen LogP contribution in [0.3, 0.4) is 0 Å². The van der Waals surface area contributed by atoms with Crippen molar-refractivity contribution in [1.29, 1.82) is 0 Å². The molecule has 2 aromatic carbocycles. The first-order valence-electron chi connectivity index (χ1n) is 8.54. The summed E-state index contributed by atoms with van der Waals surface area (Å²) in [5.74, 6) is 1.40. The Bertz CT molecular complexity index is 792. The van der Waals surface area contributed by atoms with E-state index in [9.17, 15) is 9.90 Å². The lowest BCUT2D eigenvalue weighted by molar-refractivity contribution is -0.0212. The molecule has 2 aliphatic heterocycles. The Morgan fingerprint density at radius 1 is 1.04 bits per heavy atom. The van der Waals surface area contributed by atoms with Gasteiger partial charge in [0.25, 0.3) is 5.91 Å². The Labute approximate surface area is 146 Å². The van der Waals surface area contributed by atoms with Crippen molar-refractivity contribution in [2.24, 2.45) is 0 Å². The summed E-state index contributed by atoms with van der Waals surface area (Å²) in [6.07, 6.45) is 1.01. The zero-order valence-corrected chi connectivity index (χ0v) is 14.2. The van der Waals surface area contributed by atoms with Crippen molar-refractivity contribution < 1.29 is 19.4 Å². The Hall–Kier alpha value is -2.53. The highest BCUT2D eigenvalue weighted by atomic mass is 16.7. The largest absolute Gasteiger partial charge is 0.454 e. The molecule has 0 saturated carbocycles. The maximum Gasteiger partial charge on any atom is 0.253 e. The normalized spacial score (nSPS) is 18.2. The molecule has 0 aliphatic carbocycles. The van der Waals surface area contributed by atoms with Crippen LogP contribution in [0.5, 0.6) is 11.5 Å². The standard InChI is InChI=1S/C20H21NO4/c1-14-2-4-15(5-3-14)19(22)21-10-8-20(23,9-11-21)16-6-7-17-18(12-16)25-13-24-17/h2-7,12,23H,8-11,13H2,1H3. The quantitative estimate of drug-likeness (QED) is 0.914. The predicted octanol–water partition coefficient (Wildman–Crippen LogP) is 2.85. The third-order valence-corrected chi connectivity index (χ3v) is 5.09. The number of hydrogen-bond acceptors (Lipinski definition) is 4. The average Bonchev–Trinajstić information content (AvgIpc) is 3.10. The number of carbonyl (C=O) groups is 1. The summed E-state index contributed by atoms with van der Waals surface area (Å²) in [5.41, 5.74) is 1.70. The molecule has 0 unspecified atom stereocenters. The lowest BCUT2D eigenvalue weighted by atomic mass is 9.84. The van der Waals surface area contributed by atoms with E-state index in [2.05, 4.69) is 0 Å². The molecule has 0 aromatic heterocycles.